The predicted molar refractivity (Wildman–Crippen MR) is 247 cm³/mol. The molecule has 0 spiro atoms. The van der Waals surface area contributed by atoms with E-state index in [1.54, 1.807) is 18.2 Å². The minimum atomic E-state index is -1.10. The fourth-order valence-corrected chi connectivity index (χ4v) is 8.50. The molecule has 0 aliphatic carbocycles. The molecule has 5 N–H and O–H groups in total. The summed E-state index contributed by atoms with van der Waals surface area (Å²) in [6.45, 7) is 4.20. The predicted octanol–water partition coefficient (Wildman–Crippen LogP) is 4.03. The molecular weight excluding hydrogens is 877 g/mol. The number of nitrogens with one attached hydrogen (secondary N) is 3. The van der Waals surface area contributed by atoms with Crippen molar-refractivity contribution in [1.82, 2.24) is 40.2 Å². The fraction of sp³-hybridized carbons (Fsp3) is 0.333. The van der Waals surface area contributed by atoms with Crippen LogP contribution in [0, 0.1) is 0 Å². The highest BCUT2D eigenvalue weighted by Gasteiger charge is 2.45. The highest BCUT2D eigenvalue weighted by atomic mass is 16.5. The second-order valence-corrected chi connectivity index (χ2v) is 16.4. The van der Waals surface area contributed by atoms with Gasteiger partial charge in [-0.15, -0.1) is 0 Å². The number of benzene rings is 3. The zero-order valence-electron chi connectivity index (χ0n) is 37.1. The number of ether oxygens (including phenoxy) is 3. The first kappa shape index (κ1) is 46.8. The monoisotopic (exact) mass is 926 g/mol. The van der Waals surface area contributed by atoms with Crippen LogP contribution in [0.3, 0.4) is 0 Å². The largest absolute Gasteiger partial charge is 0.457 e. The number of aromatic nitrogens is 4. The lowest BCUT2D eigenvalue weighted by molar-refractivity contribution is -0.136. The average Bonchev–Trinajstić information content (AvgIpc) is 3.85. The number of piperidine rings is 2. The van der Waals surface area contributed by atoms with Crippen LogP contribution in [0.2, 0.25) is 0 Å². The Hall–Kier alpha value is -7.68. The molecule has 352 valence electrons. The highest BCUT2D eigenvalue weighted by Crippen LogP contribution is 2.37. The van der Waals surface area contributed by atoms with Crippen LogP contribution in [0.15, 0.2) is 79.1 Å². The van der Waals surface area contributed by atoms with E-state index in [-0.39, 0.29) is 48.7 Å². The third-order valence-corrected chi connectivity index (χ3v) is 11.8. The average molecular weight is 927 g/mol. The summed E-state index contributed by atoms with van der Waals surface area (Å²) in [6, 6.07) is 18.3. The van der Waals surface area contributed by atoms with Gasteiger partial charge >= 0.3 is 0 Å². The summed E-state index contributed by atoms with van der Waals surface area (Å²) in [6.07, 6.45) is 7.83. The number of fused-ring (bicyclic) bond motifs is 2. The Morgan fingerprint density at radius 3 is 2.44 bits per heavy atom. The van der Waals surface area contributed by atoms with E-state index in [0.29, 0.717) is 77.8 Å². The second kappa shape index (κ2) is 21.7. The first-order valence-electron chi connectivity index (χ1n) is 22.4. The lowest BCUT2D eigenvalue weighted by Crippen LogP contribution is -2.54. The van der Waals surface area contributed by atoms with Crippen LogP contribution in [0.5, 0.6) is 11.5 Å². The van der Waals surface area contributed by atoms with Crippen LogP contribution in [0.1, 0.15) is 77.3 Å². The van der Waals surface area contributed by atoms with Crippen molar-refractivity contribution in [2.24, 2.45) is 0 Å². The molecule has 20 heteroatoms. The van der Waals surface area contributed by atoms with Gasteiger partial charge in [0.15, 0.2) is 5.65 Å². The smallest absolute Gasteiger partial charge is 0.264 e. The van der Waals surface area contributed by atoms with Crippen LogP contribution in [0.4, 0.5) is 11.5 Å². The second-order valence-electron chi connectivity index (χ2n) is 16.4. The van der Waals surface area contributed by atoms with Gasteiger partial charge in [0, 0.05) is 63.1 Å². The molecule has 8 rings (SSSR count). The number of likely N-dealkylation sites (tertiary alicyclic amines) is 1. The van der Waals surface area contributed by atoms with Crippen molar-refractivity contribution in [1.29, 1.82) is 0 Å². The number of nitrogens with two attached hydrogens (primary N) is 1. The Kier molecular flexibility index (Phi) is 15.0. The maximum Gasteiger partial charge on any atom is 0.264 e. The Morgan fingerprint density at radius 1 is 0.882 bits per heavy atom. The zero-order valence-corrected chi connectivity index (χ0v) is 37.1. The van der Waals surface area contributed by atoms with E-state index in [1.165, 1.54) is 24.5 Å². The number of nitrogens with zero attached hydrogens (tertiary/aromatic N) is 6. The van der Waals surface area contributed by atoms with Gasteiger partial charge in [-0.3, -0.25) is 49.1 Å². The first-order chi connectivity index (χ1) is 33.1. The van der Waals surface area contributed by atoms with Crippen molar-refractivity contribution < 1.29 is 47.8 Å². The summed E-state index contributed by atoms with van der Waals surface area (Å²) in [5.74, 6) is -2.09. The van der Waals surface area contributed by atoms with E-state index in [1.807, 2.05) is 47.1 Å². The number of imide groups is 3. The van der Waals surface area contributed by atoms with Crippen LogP contribution in [-0.4, -0.2) is 124 Å². The molecular formula is C48H50N10O10. The molecule has 5 aromatic rings. The number of hydrogen-bond donors (Lipinski definition) is 4. The number of carbonyl (C=O) groups excluding carboxylic acids is 7. The maximum absolute atomic E-state index is 13.3. The van der Waals surface area contributed by atoms with Gasteiger partial charge in [-0.1, -0.05) is 24.3 Å². The Bertz CT molecular complexity index is 2750. The molecule has 20 nitrogen and oxygen atoms in total. The molecule has 0 saturated carbocycles. The molecule has 2 aromatic heterocycles. The molecule has 3 aromatic carbocycles. The van der Waals surface area contributed by atoms with Gasteiger partial charge in [0.2, 0.25) is 30.0 Å². The Balaban J connectivity index is 0.760. The summed E-state index contributed by atoms with van der Waals surface area (Å²) in [7, 11) is 0. The topological polar surface area (TPSA) is 259 Å². The molecule has 0 radical (unpaired) electrons. The fourth-order valence-electron chi connectivity index (χ4n) is 8.50. The SMILES string of the molecule is Nc1ncnc2c1c(-c1ccc(Oc3ccccc3)c(C=CC(=O)NC=O)c1)nn2C1CCN(CCCOCCCOCCC(=O)Nc2cccc3c2C(=O)N(C2CCC(=O)NC2=O)C3=O)CC1. The summed E-state index contributed by atoms with van der Waals surface area (Å²) < 4.78 is 19.6. The quantitative estimate of drug-likeness (QED) is 0.0372. The summed E-state index contributed by atoms with van der Waals surface area (Å²) in [4.78, 5) is 98.3. The molecule has 1 atom stereocenters. The maximum atomic E-state index is 13.3. The first-order valence-corrected chi connectivity index (χ1v) is 22.4. The van der Waals surface area contributed by atoms with Crippen molar-refractivity contribution in [2.75, 3.05) is 57.1 Å². The molecule has 0 bridgehead atoms. The normalized spacial score (nSPS) is 16.6. The number of para-hydroxylation sites is 1. The molecule has 3 aliphatic rings. The Labute approximate surface area is 390 Å². The number of rotatable bonds is 20. The van der Waals surface area contributed by atoms with Gasteiger partial charge < -0.3 is 30.2 Å². The molecule has 1 unspecified atom stereocenters. The summed E-state index contributed by atoms with van der Waals surface area (Å²) >= 11 is 0. The van der Waals surface area contributed by atoms with Crippen LogP contribution in [0.25, 0.3) is 28.4 Å². The molecule has 2 saturated heterocycles. The van der Waals surface area contributed by atoms with E-state index in [9.17, 15) is 33.6 Å². The van der Waals surface area contributed by atoms with E-state index in [4.69, 9.17) is 25.0 Å². The number of anilines is 2. The van der Waals surface area contributed by atoms with Crippen molar-refractivity contribution in [2.45, 2.75) is 57.0 Å². The van der Waals surface area contributed by atoms with E-state index in [0.717, 1.165) is 43.8 Å². The molecule has 2 fully saturated rings. The zero-order chi connectivity index (χ0) is 47.6. The molecule has 68 heavy (non-hydrogen) atoms. The number of hydrogen-bond acceptors (Lipinski definition) is 15. The van der Waals surface area contributed by atoms with Gasteiger partial charge in [-0.05, 0) is 80.6 Å². The third-order valence-electron chi connectivity index (χ3n) is 11.8. The van der Waals surface area contributed by atoms with Gasteiger partial charge in [-0.25, -0.2) is 14.6 Å². The minimum absolute atomic E-state index is 0.00895. The lowest BCUT2D eigenvalue weighted by Gasteiger charge is -2.32. The van der Waals surface area contributed by atoms with E-state index < -0.39 is 41.5 Å². The van der Waals surface area contributed by atoms with Gasteiger partial charge in [0.1, 0.15) is 35.4 Å². The summed E-state index contributed by atoms with van der Waals surface area (Å²) in [5.41, 5.74) is 9.24. The van der Waals surface area contributed by atoms with Gasteiger partial charge in [0.25, 0.3) is 11.8 Å². The molecule has 3 aliphatic heterocycles. The van der Waals surface area contributed by atoms with Crippen LogP contribution >= 0.6 is 0 Å². The molecule has 7 amide bonds. The van der Waals surface area contributed by atoms with Crippen LogP contribution in [-0.2, 0) is 33.4 Å². The minimum Gasteiger partial charge on any atom is -0.457 e. The number of amides is 7. The van der Waals surface area contributed by atoms with Crippen molar-refractivity contribution in [3.05, 3.63) is 95.8 Å². The highest BCUT2D eigenvalue weighted by molar-refractivity contribution is 6.26. The third kappa shape index (κ3) is 10.8. The van der Waals surface area contributed by atoms with Crippen molar-refractivity contribution >= 4 is 70.5 Å². The summed E-state index contributed by atoms with van der Waals surface area (Å²) in [5, 5.41) is 12.7. The Morgan fingerprint density at radius 2 is 1.66 bits per heavy atom. The lowest BCUT2D eigenvalue weighted by atomic mass is 10.0. The van der Waals surface area contributed by atoms with E-state index >= 15 is 0 Å². The number of carbonyl (C=O) groups is 7. The number of nitrogen functional groups attached to an aromatic ring is 1. The van der Waals surface area contributed by atoms with Gasteiger partial charge in [-0.2, -0.15) is 5.10 Å². The molecule has 5 heterocycles. The van der Waals surface area contributed by atoms with Gasteiger partial charge in [0.05, 0.1) is 41.3 Å². The van der Waals surface area contributed by atoms with Crippen molar-refractivity contribution in [3.8, 4) is 22.8 Å². The van der Waals surface area contributed by atoms with Crippen molar-refractivity contribution in [3.63, 3.8) is 0 Å². The van der Waals surface area contributed by atoms with E-state index in [2.05, 4.69) is 30.8 Å². The standard InChI is InChI=1S/C48H50N10O10/c49-44-42-43(31-11-14-37(68-33-7-2-1-3-8-33)30(27-31)12-15-38(60)52-29-59)55-58(45(42)51-28-50-44)32-17-21-56(22-18-32)20-5-23-66-24-6-25-67-26-19-40(62)53-35-10-4-9-34-41(35)48(65)57(47(34)64)36-13-16-39(61)54-46(36)63/h1-4,7-12,14-15,27-29,32,36H,5-6,13,16-26H2,(H,53,62)(H2,49,50,51)(H,52,59,60)(H,54,61,63). The van der Waals surface area contributed by atoms with Crippen LogP contribution < -0.4 is 26.4 Å².